The number of para-hydroxylation sites is 1. The largest absolute Gasteiger partial charge is 0.434 e. The Kier molecular flexibility index (Phi) is 10.2. The highest BCUT2D eigenvalue weighted by Crippen LogP contribution is 2.19. The molecule has 31 heavy (non-hydrogen) atoms. The van der Waals surface area contributed by atoms with Crippen LogP contribution in [0.2, 0.25) is 0 Å². The molecule has 2 N–H and O–H groups in total. The minimum Gasteiger partial charge on any atom is -0.434 e. The first kappa shape index (κ1) is 24.6. The number of hydrogen-bond donors (Lipinski definition) is 2. The van der Waals surface area contributed by atoms with Crippen molar-refractivity contribution in [1.82, 2.24) is 20.2 Å². The fourth-order valence-corrected chi connectivity index (χ4v) is 2.89. The van der Waals surface area contributed by atoms with E-state index in [9.17, 15) is 8.78 Å². The number of hydrogen-bond acceptors (Lipinski definition) is 3. The molecule has 0 spiro atoms. The number of nitrogens with one attached hydrogen (secondary N) is 2. The van der Waals surface area contributed by atoms with Gasteiger partial charge in [-0.15, -0.1) is 24.0 Å². The van der Waals surface area contributed by atoms with Gasteiger partial charge >= 0.3 is 6.61 Å². The summed E-state index contributed by atoms with van der Waals surface area (Å²) in [6.45, 7) is 1.38. The summed E-state index contributed by atoms with van der Waals surface area (Å²) in [4.78, 5) is 8.63. The molecule has 0 atom stereocenters. The minimum absolute atomic E-state index is 0. The van der Waals surface area contributed by atoms with E-state index in [1.807, 2.05) is 29.8 Å². The Morgan fingerprint density at radius 3 is 2.52 bits per heavy atom. The summed E-state index contributed by atoms with van der Waals surface area (Å²) in [7, 11) is 0. The molecule has 3 rings (SSSR count). The van der Waals surface area contributed by atoms with Crippen molar-refractivity contribution in [3.63, 3.8) is 0 Å². The zero-order chi connectivity index (χ0) is 21.2. The Hall–Kier alpha value is -2.69. The number of alkyl halides is 2. The third kappa shape index (κ3) is 8.16. The molecule has 6 nitrogen and oxygen atoms in total. The maximum absolute atomic E-state index is 12.6. The molecule has 0 bridgehead atoms. The lowest BCUT2D eigenvalue weighted by molar-refractivity contribution is -0.0504. The van der Waals surface area contributed by atoms with Crippen molar-refractivity contribution in [3.8, 4) is 5.75 Å². The van der Waals surface area contributed by atoms with Gasteiger partial charge in [-0.2, -0.15) is 8.78 Å². The number of nitrogens with zero attached hydrogens (tertiary/aromatic N) is 3. The van der Waals surface area contributed by atoms with E-state index >= 15 is 0 Å². The van der Waals surface area contributed by atoms with Gasteiger partial charge in [0.15, 0.2) is 5.96 Å². The summed E-state index contributed by atoms with van der Waals surface area (Å²) in [5, 5.41) is 6.33. The molecule has 166 valence electrons. The summed E-state index contributed by atoms with van der Waals surface area (Å²) in [6.07, 6.45) is 5.48. The first-order valence-corrected chi connectivity index (χ1v) is 9.72. The summed E-state index contributed by atoms with van der Waals surface area (Å²) < 4.78 is 31.7. The van der Waals surface area contributed by atoms with Crippen LogP contribution < -0.4 is 15.4 Å². The number of ether oxygens (including phenoxy) is 1. The summed E-state index contributed by atoms with van der Waals surface area (Å²) >= 11 is 0. The van der Waals surface area contributed by atoms with Crippen molar-refractivity contribution in [2.24, 2.45) is 4.99 Å². The van der Waals surface area contributed by atoms with Crippen LogP contribution >= 0.6 is 24.0 Å². The van der Waals surface area contributed by atoms with Gasteiger partial charge in [-0.1, -0.05) is 42.5 Å². The van der Waals surface area contributed by atoms with E-state index in [1.165, 1.54) is 11.6 Å². The van der Waals surface area contributed by atoms with Crippen molar-refractivity contribution in [3.05, 3.63) is 83.9 Å². The van der Waals surface area contributed by atoms with Crippen LogP contribution in [0.4, 0.5) is 8.78 Å². The number of halogens is 3. The van der Waals surface area contributed by atoms with E-state index in [4.69, 9.17) is 0 Å². The molecular formula is C22H26F2IN5O. The van der Waals surface area contributed by atoms with Crippen LogP contribution in [0.15, 0.2) is 72.2 Å². The lowest BCUT2D eigenvalue weighted by Gasteiger charge is -2.14. The van der Waals surface area contributed by atoms with Crippen molar-refractivity contribution in [2.75, 3.05) is 6.54 Å². The number of rotatable bonds is 9. The Morgan fingerprint density at radius 2 is 1.84 bits per heavy atom. The van der Waals surface area contributed by atoms with Crippen LogP contribution in [-0.4, -0.2) is 28.7 Å². The van der Waals surface area contributed by atoms with Crippen molar-refractivity contribution in [2.45, 2.75) is 33.2 Å². The van der Waals surface area contributed by atoms with Gasteiger partial charge in [0.1, 0.15) is 5.75 Å². The second-order valence-electron chi connectivity index (χ2n) is 6.59. The molecule has 0 saturated carbocycles. The molecule has 0 aliphatic carbocycles. The Balaban J connectivity index is 0.00000341. The van der Waals surface area contributed by atoms with Gasteiger partial charge in [-0.05, 0) is 24.1 Å². The van der Waals surface area contributed by atoms with Gasteiger partial charge < -0.3 is 19.9 Å². The molecular weight excluding hydrogens is 515 g/mol. The molecule has 2 aromatic carbocycles. The fraction of sp³-hybridized carbons (Fsp3) is 0.273. The molecule has 0 radical (unpaired) electrons. The van der Waals surface area contributed by atoms with Crippen LogP contribution in [0.25, 0.3) is 0 Å². The standard InChI is InChI=1S/C22H25F2N5O.HI/c1-2-26-22(28-14-19-5-3-4-6-20(19)30-21(23)24)27-13-17-7-9-18(10-8-17)15-29-12-11-25-16-29;/h3-12,16,21H,2,13-15H2,1H3,(H2,26,27,28);1H. The molecule has 0 aliphatic rings. The van der Waals surface area contributed by atoms with Crippen LogP contribution in [-0.2, 0) is 19.6 Å². The summed E-state index contributed by atoms with van der Waals surface area (Å²) in [5.41, 5.74) is 2.89. The number of benzene rings is 2. The van der Waals surface area contributed by atoms with Crippen molar-refractivity contribution < 1.29 is 13.5 Å². The van der Waals surface area contributed by atoms with Gasteiger partial charge in [0.05, 0.1) is 12.9 Å². The van der Waals surface area contributed by atoms with Crippen LogP contribution in [0.3, 0.4) is 0 Å². The molecule has 0 saturated heterocycles. The number of aliphatic imine (C=N–C) groups is 1. The maximum Gasteiger partial charge on any atom is 0.387 e. The fourth-order valence-electron chi connectivity index (χ4n) is 2.89. The van der Waals surface area contributed by atoms with E-state index in [-0.39, 0.29) is 29.7 Å². The molecule has 0 aliphatic heterocycles. The molecule has 1 aromatic heterocycles. The SMILES string of the molecule is CCNC(=NCc1ccc(Cn2ccnc2)cc1)NCc1ccccc1OC(F)F.I. The topological polar surface area (TPSA) is 63.5 Å². The highest BCUT2D eigenvalue weighted by Gasteiger charge is 2.09. The predicted octanol–water partition coefficient (Wildman–Crippen LogP) is 4.41. The highest BCUT2D eigenvalue weighted by molar-refractivity contribution is 14.0. The predicted molar refractivity (Wildman–Crippen MR) is 128 cm³/mol. The van der Waals surface area contributed by atoms with Crippen LogP contribution in [0.1, 0.15) is 23.6 Å². The van der Waals surface area contributed by atoms with Gasteiger partial charge in [-0.3, -0.25) is 0 Å². The second kappa shape index (κ2) is 12.9. The number of imidazole rings is 1. The molecule has 9 heteroatoms. The van der Waals surface area contributed by atoms with Gasteiger partial charge in [0.2, 0.25) is 0 Å². The Bertz CT molecular complexity index is 933. The highest BCUT2D eigenvalue weighted by atomic mass is 127. The smallest absolute Gasteiger partial charge is 0.387 e. The third-order valence-corrected chi connectivity index (χ3v) is 4.35. The molecule has 0 fully saturated rings. The van der Waals surface area contributed by atoms with E-state index in [2.05, 4.69) is 37.5 Å². The monoisotopic (exact) mass is 541 g/mol. The van der Waals surface area contributed by atoms with E-state index in [0.717, 1.165) is 12.1 Å². The van der Waals surface area contributed by atoms with Crippen molar-refractivity contribution in [1.29, 1.82) is 0 Å². The molecule has 0 amide bonds. The van der Waals surface area contributed by atoms with E-state index < -0.39 is 6.61 Å². The average Bonchev–Trinajstić information content (AvgIpc) is 3.25. The Morgan fingerprint density at radius 1 is 1.10 bits per heavy atom. The third-order valence-electron chi connectivity index (χ3n) is 4.35. The van der Waals surface area contributed by atoms with Gasteiger partial charge in [0, 0.05) is 37.6 Å². The molecule has 1 heterocycles. The minimum atomic E-state index is -2.86. The van der Waals surface area contributed by atoms with Crippen LogP contribution in [0.5, 0.6) is 5.75 Å². The van der Waals surface area contributed by atoms with E-state index in [0.29, 0.717) is 31.2 Å². The lowest BCUT2D eigenvalue weighted by atomic mass is 10.1. The van der Waals surface area contributed by atoms with Crippen molar-refractivity contribution >= 4 is 29.9 Å². The lowest BCUT2D eigenvalue weighted by Crippen LogP contribution is -2.36. The zero-order valence-electron chi connectivity index (χ0n) is 17.2. The number of guanidine groups is 1. The number of aromatic nitrogens is 2. The average molecular weight is 541 g/mol. The Labute approximate surface area is 197 Å². The first-order valence-electron chi connectivity index (χ1n) is 9.72. The summed E-state index contributed by atoms with van der Waals surface area (Å²) in [6, 6.07) is 15.0. The first-order chi connectivity index (χ1) is 14.6. The van der Waals surface area contributed by atoms with Gasteiger partial charge in [-0.25, -0.2) is 9.98 Å². The normalized spacial score (nSPS) is 11.2. The molecule has 3 aromatic rings. The quantitative estimate of drug-likeness (QED) is 0.240. The zero-order valence-corrected chi connectivity index (χ0v) is 19.5. The second-order valence-corrected chi connectivity index (χ2v) is 6.59. The van der Waals surface area contributed by atoms with Crippen LogP contribution in [0, 0.1) is 0 Å². The summed E-state index contributed by atoms with van der Waals surface area (Å²) in [5.74, 6) is 0.760. The molecule has 0 unspecified atom stereocenters. The van der Waals surface area contributed by atoms with E-state index in [1.54, 1.807) is 30.7 Å². The van der Waals surface area contributed by atoms with Gasteiger partial charge in [0.25, 0.3) is 0 Å². The maximum atomic E-state index is 12.6.